The quantitative estimate of drug-likeness (QED) is 0.311. The lowest BCUT2D eigenvalue weighted by Crippen LogP contribution is -2.22. The number of ether oxygens (including phenoxy) is 2. The zero-order chi connectivity index (χ0) is 18.9. The molecular weight excluding hydrogens is 438 g/mol. The summed E-state index contributed by atoms with van der Waals surface area (Å²) in [5.74, 6) is 1.44. The van der Waals surface area contributed by atoms with E-state index < -0.39 is 4.92 Å². The Balaban J connectivity index is 0.00000364. The molecule has 0 aromatic heterocycles. The lowest BCUT2D eigenvalue weighted by atomic mass is 10.2. The molecule has 27 heavy (non-hydrogen) atoms. The van der Waals surface area contributed by atoms with Gasteiger partial charge in [0.2, 0.25) is 0 Å². The fraction of sp³-hybridized carbons (Fsp3) is 0.333. The standard InChI is InChI=1S/C18H22BrN3O4.ClH/c1-3-26-18-13(10-14(19)11-17(18)25-2)12-20-8-9-21-15-4-6-16(7-5-15)22(23)24;/h4-7,10-11,20-21H,3,8-9,12H2,1-2H3;1H. The number of benzene rings is 2. The Morgan fingerprint density at radius 1 is 1.19 bits per heavy atom. The summed E-state index contributed by atoms with van der Waals surface area (Å²) in [6.07, 6.45) is 0. The first-order chi connectivity index (χ1) is 12.5. The third kappa shape index (κ3) is 6.89. The predicted octanol–water partition coefficient (Wildman–Crippen LogP) is 4.39. The number of rotatable bonds is 10. The molecule has 0 atom stereocenters. The van der Waals surface area contributed by atoms with Gasteiger partial charge in [-0.25, -0.2) is 0 Å². The van der Waals surface area contributed by atoms with Crippen molar-refractivity contribution in [2.45, 2.75) is 13.5 Å². The van der Waals surface area contributed by atoms with E-state index in [4.69, 9.17) is 9.47 Å². The zero-order valence-corrected chi connectivity index (χ0v) is 17.6. The number of nitrogens with zero attached hydrogens (tertiary/aromatic N) is 1. The number of anilines is 1. The highest BCUT2D eigenvalue weighted by Gasteiger charge is 2.12. The van der Waals surface area contributed by atoms with Crippen LogP contribution < -0.4 is 20.1 Å². The molecular formula is C18H23BrClN3O4. The van der Waals surface area contributed by atoms with E-state index in [9.17, 15) is 10.1 Å². The molecule has 0 radical (unpaired) electrons. The minimum Gasteiger partial charge on any atom is -0.493 e. The summed E-state index contributed by atoms with van der Waals surface area (Å²) in [4.78, 5) is 10.2. The maximum atomic E-state index is 10.6. The highest BCUT2D eigenvalue weighted by Crippen LogP contribution is 2.34. The van der Waals surface area contributed by atoms with Crippen molar-refractivity contribution in [2.24, 2.45) is 0 Å². The topological polar surface area (TPSA) is 85.7 Å². The highest BCUT2D eigenvalue weighted by atomic mass is 79.9. The van der Waals surface area contributed by atoms with Crippen molar-refractivity contribution < 1.29 is 14.4 Å². The molecule has 9 heteroatoms. The molecule has 0 aliphatic heterocycles. The molecule has 0 aliphatic rings. The summed E-state index contributed by atoms with van der Waals surface area (Å²) >= 11 is 3.48. The molecule has 0 saturated carbocycles. The number of non-ortho nitro benzene ring substituents is 1. The molecule has 0 aliphatic carbocycles. The summed E-state index contributed by atoms with van der Waals surface area (Å²) in [6.45, 7) is 4.54. The molecule has 2 aromatic rings. The summed E-state index contributed by atoms with van der Waals surface area (Å²) in [5.41, 5.74) is 1.94. The maximum absolute atomic E-state index is 10.6. The van der Waals surface area contributed by atoms with Crippen molar-refractivity contribution in [1.82, 2.24) is 5.32 Å². The van der Waals surface area contributed by atoms with Crippen LogP contribution in [0, 0.1) is 10.1 Å². The lowest BCUT2D eigenvalue weighted by Gasteiger charge is -2.15. The smallest absolute Gasteiger partial charge is 0.269 e. The van der Waals surface area contributed by atoms with Gasteiger partial charge in [0.25, 0.3) is 5.69 Å². The number of halogens is 2. The van der Waals surface area contributed by atoms with Gasteiger partial charge >= 0.3 is 0 Å². The molecule has 2 rings (SSSR count). The van der Waals surface area contributed by atoms with E-state index in [-0.39, 0.29) is 18.1 Å². The van der Waals surface area contributed by atoms with E-state index in [2.05, 4.69) is 26.6 Å². The number of hydrogen-bond donors (Lipinski definition) is 2. The van der Waals surface area contributed by atoms with E-state index in [1.54, 1.807) is 19.2 Å². The molecule has 0 spiro atoms. The predicted molar refractivity (Wildman–Crippen MR) is 112 cm³/mol. The van der Waals surface area contributed by atoms with Crippen molar-refractivity contribution in [1.29, 1.82) is 0 Å². The van der Waals surface area contributed by atoms with Crippen LogP contribution in [0.4, 0.5) is 11.4 Å². The Labute approximate surface area is 173 Å². The van der Waals surface area contributed by atoms with Crippen molar-refractivity contribution >= 4 is 39.7 Å². The second kappa shape index (κ2) is 11.6. The summed E-state index contributed by atoms with van der Waals surface area (Å²) in [7, 11) is 1.62. The molecule has 7 nitrogen and oxygen atoms in total. The Kier molecular flexibility index (Phi) is 9.92. The normalized spacial score (nSPS) is 10.0. The van der Waals surface area contributed by atoms with Gasteiger partial charge in [0.1, 0.15) is 0 Å². The van der Waals surface area contributed by atoms with Crippen LogP contribution in [-0.2, 0) is 6.54 Å². The second-order valence-corrected chi connectivity index (χ2v) is 6.35. The van der Waals surface area contributed by atoms with E-state index >= 15 is 0 Å². The van der Waals surface area contributed by atoms with Gasteiger partial charge in [-0.05, 0) is 31.2 Å². The molecule has 2 N–H and O–H groups in total. The third-order valence-electron chi connectivity index (χ3n) is 3.63. The Morgan fingerprint density at radius 3 is 2.48 bits per heavy atom. The van der Waals surface area contributed by atoms with Crippen LogP contribution in [0.2, 0.25) is 0 Å². The average Bonchev–Trinajstić information content (AvgIpc) is 2.63. The van der Waals surface area contributed by atoms with Crippen LogP contribution in [-0.4, -0.2) is 31.7 Å². The molecule has 0 saturated heterocycles. The lowest BCUT2D eigenvalue weighted by molar-refractivity contribution is -0.384. The van der Waals surface area contributed by atoms with E-state index in [0.29, 0.717) is 25.4 Å². The van der Waals surface area contributed by atoms with Gasteiger partial charge in [-0.2, -0.15) is 0 Å². The fourth-order valence-corrected chi connectivity index (χ4v) is 2.92. The zero-order valence-electron chi connectivity index (χ0n) is 15.2. The number of nitrogens with one attached hydrogen (secondary N) is 2. The third-order valence-corrected chi connectivity index (χ3v) is 4.09. The fourth-order valence-electron chi connectivity index (χ4n) is 2.43. The van der Waals surface area contributed by atoms with Crippen molar-refractivity contribution in [2.75, 3.05) is 32.1 Å². The molecule has 0 bridgehead atoms. The van der Waals surface area contributed by atoms with Gasteiger partial charge in [0.15, 0.2) is 11.5 Å². The average molecular weight is 461 g/mol. The Morgan fingerprint density at radius 2 is 1.89 bits per heavy atom. The number of nitro benzene ring substituents is 1. The van der Waals surface area contributed by atoms with Crippen molar-refractivity contribution in [3.8, 4) is 11.5 Å². The Hall–Kier alpha value is -2.03. The number of nitro groups is 1. The highest BCUT2D eigenvalue weighted by molar-refractivity contribution is 9.10. The van der Waals surface area contributed by atoms with Gasteiger partial charge in [0, 0.05) is 47.5 Å². The monoisotopic (exact) mass is 459 g/mol. The SMILES string of the molecule is CCOc1c(CNCCNc2ccc([N+](=O)[O-])cc2)cc(Br)cc1OC.Cl. The molecule has 0 unspecified atom stereocenters. The molecule has 0 heterocycles. The molecule has 2 aromatic carbocycles. The number of hydrogen-bond acceptors (Lipinski definition) is 6. The molecule has 0 fully saturated rings. The molecule has 148 valence electrons. The van der Waals surface area contributed by atoms with Crippen LogP contribution in [0.1, 0.15) is 12.5 Å². The largest absolute Gasteiger partial charge is 0.493 e. The van der Waals surface area contributed by atoms with Gasteiger partial charge in [-0.1, -0.05) is 15.9 Å². The minimum atomic E-state index is -0.409. The second-order valence-electron chi connectivity index (χ2n) is 5.44. The Bertz CT molecular complexity index is 744. The first-order valence-corrected chi connectivity index (χ1v) is 9.02. The van der Waals surface area contributed by atoms with Gasteiger partial charge in [0.05, 0.1) is 18.6 Å². The first-order valence-electron chi connectivity index (χ1n) is 8.23. The summed E-state index contributed by atoms with van der Waals surface area (Å²) in [6, 6.07) is 10.2. The van der Waals surface area contributed by atoms with E-state index in [1.807, 2.05) is 19.1 Å². The van der Waals surface area contributed by atoms with E-state index in [1.165, 1.54) is 12.1 Å². The maximum Gasteiger partial charge on any atom is 0.269 e. The summed E-state index contributed by atoms with van der Waals surface area (Å²) in [5, 5.41) is 17.2. The van der Waals surface area contributed by atoms with Crippen LogP contribution in [0.5, 0.6) is 11.5 Å². The minimum absolute atomic E-state index is 0. The van der Waals surface area contributed by atoms with Gasteiger partial charge < -0.3 is 20.1 Å². The first kappa shape index (κ1) is 23.0. The van der Waals surface area contributed by atoms with Crippen LogP contribution in [0.3, 0.4) is 0 Å². The van der Waals surface area contributed by atoms with Gasteiger partial charge in [-0.3, -0.25) is 10.1 Å². The van der Waals surface area contributed by atoms with Crippen molar-refractivity contribution in [3.63, 3.8) is 0 Å². The molecule has 0 amide bonds. The van der Waals surface area contributed by atoms with Gasteiger partial charge in [-0.15, -0.1) is 12.4 Å². The summed E-state index contributed by atoms with van der Waals surface area (Å²) < 4.78 is 12.0. The van der Waals surface area contributed by atoms with E-state index in [0.717, 1.165) is 28.0 Å². The van der Waals surface area contributed by atoms with Crippen molar-refractivity contribution in [3.05, 3.63) is 56.5 Å². The van der Waals surface area contributed by atoms with Crippen LogP contribution in [0.15, 0.2) is 40.9 Å². The van der Waals surface area contributed by atoms with Crippen LogP contribution in [0.25, 0.3) is 0 Å². The van der Waals surface area contributed by atoms with Crippen LogP contribution >= 0.6 is 28.3 Å². The number of methoxy groups -OCH3 is 1.